The van der Waals surface area contributed by atoms with Gasteiger partial charge in [-0.1, -0.05) is 22.8 Å². The van der Waals surface area contributed by atoms with Gasteiger partial charge >= 0.3 is 11.8 Å². The third-order valence-corrected chi connectivity index (χ3v) is 5.44. The molecule has 0 aliphatic rings. The first-order chi connectivity index (χ1) is 16.3. The topological polar surface area (TPSA) is 121 Å². The van der Waals surface area contributed by atoms with E-state index >= 15 is 0 Å². The second-order valence-corrected chi connectivity index (χ2v) is 7.92. The first kappa shape index (κ1) is 23.3. The van der Waals surface area contributed by atoms with Gasteiger partial charge in [-0.2, -0.15) is 10.1 Å². The van der Waals surface area contributed by atoms with Crippen LogP contribution in [0.15, 0.2) is 47.2 Å². The molecule has 4 rings (SSSR count). The average Bonchev–Trinajstić information content (AvgIpc) is 3.46. The molecule has 0 aliphatic heterocycles. The van der Waals surface area contributed by atoms with E-state index in [9.17, 15) is 9.18 Å². The summed E-state index contributed by atoms with van der Waals surface area (Å²) >= 11 is 6.16. The molecule has 34 heavy (non-hydrogen) atoms. The van der Waals surface area contributed by atoms with Gasteiger partial charge in [0.15, 0.2) is 5.82 Å². The molecule has 10 nitrogen and oxygen atoms in total. The second-order valence-electron chi connectivity index (χ2n) is 7.54. The number of halogens is 2. The van der Waals surface area contributed by atoms with Gasteiger partial charge in [-0.3, -0.25) is 4.79 Å². The predicted octanol–water partition coefficient (Wildman–Crippen LogP) is 3.19. The Labute approximate surface area is 199 Å². The molecule has 0 aromatic carbocycles. The molecule has 0 bridgehead atoms. The molecular weight excluding hydrogens is 465 g/mol. The Bertz CT molecular complexity index is 1330. The largest absolute Gasteiger partial charge is 0.478 e. The molecule has 1 amide bonds. The van der Waals surface area contributed by atoms with Crippen molar-refractivity contribution >= 4 is 17.5 Å². The van der Waals surface area contributed by atoms with Crippen LogP contribution in [0.4, 0.5) is 4.39 Å². The normalized spacial score (nSPS) is 12.9. The highest BCUT2D eigenvalue weighted by Gasteiger charge is 2.37. The first-order valence-corrected chi connectivity index (χ1v) is 10.7. The Morgan fingerprint density at radius 2 is 2.12 bits per heavy atom. The lowest BCUT2D eigenvalue weighted by Crippen LogP contribution is -2.40. The number of pyridine rings is 2. The van der Waals surface area contributed by atoms with E-state index in [2.05, 4.69) is 30.5 Å². The monoisotopic (exact) mass is 485 g/mol. The average molecular weight is 486 g/mol. The number of carbonyl (C=O) groups excluding carboxylic acids is 1. The summed E-state index contributed by atoms with van der Waals surface area (Å²) in [5, 5.41) is 11.1. The Kier molecular flexibility index (Phi) is 6.55. The smallest absolute Gasteiger partial charge is 0.316 e. The van der Waals surface area contributed by atoms with Crippen LogP contribution in [-0.4, -0.2) is 48.9 Å². The van der Waals surface area contributed by atoms with Gasteiger partial charge in [-0.25, -0.2) is 19.0 Å². The summed E-state index contributed by atoms with van der Waals surface area (Å²) < 4.78 is 26.4. The SMILES string of the molecule is CCOc1c(C(C)(CNC(=O)c2nc(-c3ncccc3F)no2)c2cccc(Cl)n2)cnn1C. The lowest BCUT2D eigenvalue weighted by molar-refractivity contribution is 0.0902. The molecule has 4 heterocycles. The van der Waals surface area contributed by atoms with Gasteiger partial charge in [0.05, 0.1) is 23.9 Å². The van der Waals surface area contributed by atoms with Crippen LogP contribution in [0, 0.1) is 5.82 Å². The fourth-order valence-electron chi connectivity index (χ4n) is 3.45. The van der Waals surface area contributed by atoms with E-state index in [1.807, 2.05) is 13.8 Å². The first-order valence-electron chi connectivity index (χ1n) is 10.3. The van der Waals surface area contributed by atoms with Crippen LogP contribution in [0.5, 0.6) is 5.88 Å². The number of amides is 1. The quantitative estimate of drug-likeness (QED) is 0.378. The van der Waals surface area contributed by atoms with Crippen LogP contribution >= 0.6 is 11.6 Å². The number of aromatic nitrogens is 6. The van der Waals surface area contributed by atoms with E-state index in [4.69, 9.17) is 20.9 Å². The Balaban J connectivity index is 1.63. The third kappa shape index (κ3) is 4.46. The van der Waals surface area contributed by atoms with Crippen molar-refractivity contribution in [2.75, 3.05) is 13.2 Å². The highest BCUT2D eigenvalue weighted by Crippen LogP contribution is 2.36. The Morgan fingerprint density at radius 3 is 2.85 bits per heavy atom. The van der Waals surface area contributed by atoms with E-state index < -0.39 is 17.1 Å². The fraction of sp³-hybridized carbons (Fsp3) is 0.273. The number of hydrogen-bond donors (Lipinski definition) is 1. The molecule has 4 aromatic rings. The summed E-state index contributed by atoms with van der Waals surface area (Å²) in [4.78, 5) is 25.2. The summed E-state index contributed by atoms with van der Waals surface area (Å²) in [6.45, 7) is 4.24. The summed E-state index contributed by atoms with van der Waals surface area (Å²) in [7, 11) is 1.76. The zero-order chi connectivity index (χ0) is 24.3. The van der Waals surface area contributed by atoms with Crippen LogP contribution in [0.1, 0.15) is 35.8 Å². The van der Waals surface area contributed by atoms with Gasteiger partial charge < -0.3 is 14.6 Å². The lowest BCUT2D eigenvalue weighted by Gasteiger charge is -2.29. The van der Waals surface area contributed by atoms with Crippen molar-refractivity contribution in [2.24, 2.45) is 7.05 Å². The zero-order valence-corrected chi connectivity index (χ0v) is 19.4. The maximum atomic E-state index is 14.0. The summed E-state index contributed by atoms with van der Waals surface area (Å²) in [5.41, 5.74) is 0.301. The summed E-state index contributed by atoms with van der Waals surface area (Å²) in [6.07, 6.45) is 3.05. The van der Waals surface area contributed by atoms with E-state index in [1.54, 1.807) is 36.1 Å². The van der Waals surface area contributed by atoms with Gasteiger partial charge in [0.2, 0.25) is 11.7 Å². The van der Waals surface area contributed by atoms with Crippen LogP contribution in [0.3, 0.4) is 0 Å². The third-order valence-electron chi connectivity index (χ3n) is 5.23. The molecule has 0 aliphatic carbocycles. The van der Waals surface area contributed by atoms with Gasteiger partial charge in [-0.05, 0) is 38.1 Å². The molecule has 1 atom stereocenters. The van der Waals surface area contributed by atoms with E-state index in [0.29, 0.717) is 28.9 Å². The molecule has 4 aromatic heterocycles. The number of ether oxygens (including phenoxy) is 1. The van der Waals surface area contributed by atoms with Crippen LogP contribution in [0.25, 0.3) is 11.5 Å². The van der Waals surface area contributed by atoms with E-state index in [1.165, 1.54) is 18.3 Å². The van der Waals surface area contributed by atoms with Crippen molar-refractivity contribution in [1.82, 2.24) is 35.2 Å². The second kappa shape index (κ2) is 9.56. The molecule has 1 N–H and O–H groups in total. The maximum absolute atomic E-state index is 14.0. The lowest BCUT2D eigenvalue weighted by atomic mass is 9.80. The fourth-order valence-corrected chi connectivity index (χ4v) is 3.61. The molecule has 0 fully saturated rings. The molecular formula is C22H21ClFN7O3. The minimum Gasteiger partial charge on any atom is -0.478 e. The van der Waals surface area contributed by atoms with Crippen LogP contribution in [0.2, 0.25) is 5.15 Å². The minimum atomic E-state index is -0.880. The Hall–Kier alpha value is -3.86. The number of rotatable bonds is 8. The number of nitrogens with zero attached hydrogens (tertiary/aromatic N) is 6. The summed E-state index contributed by atoms with van der Waals surface area (Å²) in [6, 6.07) is 7.88. The van der Waals surface area contributed by atoms with Gasteiger partial charge in [-0.15, -0.1) is 0 Å². The van der Waals surface area contributed by atoms with Gasteiger partial charge in [0.25, 0.3) is 0 Å². The number of carbonyl (C=O) groups is 1. The number of nitrogens with one attached hydrogen (secondary N) is 1. The van der Waals surface area contributed by atoms with Crippen molar-refractivity contribution < 1.29 is 18.4 Å². The molecule has 0 saturated heterocycles. The molecule has 0 spiro atoms. The van der Waals surface area contributed by atoms with Crippen LogP contribution in [-0.2, 0) is 12.5 Å². The summed E-state index contributed by atoms with van der Waals surface area (Å²) in [5.74, 6) is -1.21. The molecule has 0 saturated carbocycles. The maximum Gasteiger partial charge on any atom is 0.316 e. The van der Waals surface area contributed by atoms with Crippen molar-refractivity contribution in [3.05, 3.63) is 70.8 Å². The van der Waals surface area contributed by atoms with Crippen molar-refractivity contribution in [3.63, 3.8) is 0 Å². The zero-order valence-electron chi connectivity index (χ0n) is 18.6. The van der Waals surface area contributed by atoms with E-state index in [-0.39, 0.29) is 24.0 Å². The number of hydrogen-bond acceptors (Lipinski definition) is 8. The molecule has 0 radical (unpaired) electrons. The van der Waals surface area contributed by atoms with Crippen molar-refractivity contribution in [2.45, 2.75) is 19.3 Å². The molecule has 12 heteroatoms. The van der Waals surface area contributed by atoms with Crippen molar-refractivity contribution in [1.29, 1.82) is 0 Å². The van der Waals surface area contributed by atoms with Crippen LogP contribution < -0.4 is 10.1 Å². The molecule has 1 unspecified atom stereocenters. The van der Waals surface area contributed by atoms with Crippen molar-refractivity contribution in [3.8, 4) is 17.4 Å². The standard InChI is InChI=1S/C22H21ClFN7O3/c1-4-33-21-13(11-27-31(21)3)22(2,15-8-5-9-16(23)28-15)12-26-19(32)20-29-18(30-34-20)17-14(24)7-6-10-25-17/h5-11H,4,12H2,1-3H3,(H,26,32). The highest BCUT2D eigenvalue weighted by molar-refractivity contribution is 6.29. The van der Waals surface area contributed by atoms with Gasteiger partial charge in [0, 0.05) is 25.4 Å². The predicted molar refractivity (Wildman–Crippen MR) is 120 cm³/mol. The minimum absolute atomic E-state index is 0.0700. The highest BCUT2D eigenvalue weighted by atomic mass is 35.5. The number of aryl methyl sites for hydroxylation is 1. The Morgan fingerprint density at radius 1 is 1.29 bits per heavy atom. The van der Waals surface area contributed by atoms with Gasteiger partial charge in [0.1, 0.15) is 10.8 Å². The molecule has 176 valence electrons. The van der Waals surface area contributed by atoms with E-state index in [0.717, 1.165) is 0 Å².